The second-order valence-corrected chi connectivity index (χ2v) is 4.10. The van der Waals surface area contributed by atoms with E-state index in [1.807, 2.05) is 13.0 Å². The SMILES string of the molecule is C=CC[C@@](C)(CC=C(C)C)C(C)=O. The van der Waals surface area contributed by atoms with Crippen LogP contribution in [0.25, 0.3) is 0 Å². The van der Waals surface area contributed by atoms with Gasteiger partial charge >= 0.3 is 0 Å². The molecule has 0 aromatic rings. The Kier molecular flexibility index (Phi) is 4.68. The lowest BCUT2D eigenvalue weighted by molar-refractivity contribution is -0.125. The molecule has 0 amide bonds. The minimum atomic E-state index is -0.251. The number of carbonyl (C=O) groups is 1. The lowest BCUT2D eigenvalue weighted by Gasteiger charge is -2.23. The van der Waals surface area contributed by atoms with E-state index in [9.17, 15) is 4.79 Å². The number of rotatable bonds is 5. The molecule has 0 aromatic heterocycles. The molecule has 1 atom stereocenters. The van der Waals surface area contributed by atoms with Gasteiger partial charge in [-0.3, -0.25) is 4.79 Å². The van der Waals surface area contributed by atoms with Gasteiger partial charge in [0.25, 0.3) is 0 Å². The van der Waals surface area contributed by atoms with Crippen molar-refractivity contribution in [2.45, 2.75) is 40.5 Å². The molecule has 0 aliphatic rings. The van der Waals surface area contributed by atoms with Crippen molar-refractivity contribution in [1.29, 1.82) is 0 Å². The van der Waals surface area contributed by atoms with E-state index in [1.165, 1.54) is 5.57 Å². The average molecular weight is 180 g/mol. The second-order valence-electron chi connectivity index (χ2n) is 4.10. The average Bonchev–Trinajstić information content (AvgIpc) is 2.01. The summed E-state index contributed by atoms with van der Waals surface area (Å²) in [6.07, 6.45) is 5.51. The highest BCUT2D eigenvalue weighted by Gasteiger charge is 2.26. The van der Waals surface area contributed by atoms with E-state index in [0.717, 1.165) is 12.8 Å². The van der Waals surface area contributed by atoms with Crippen LogP contribution in [0.2, 0.25) is 0 Å². The first-order valence-electron chi connectivity index (χ1n) is 4.67. The van der Waals surface area contributed by atoms with Crippen LogP contribution < -0.4 is 0 Å². The summed E-state index contributed by atoms with van der Waals surface area (Å²) in [6, 6.07) is 0. The predicted molar refractivity (Wildman–Crippen MR) is 57.7 cm³/mol. The third kappa shape index (κ3) is 4.07. The minimum Gasteiger partial charge on any atom is -0.299 e. The smallest absolute Gasteiger partial charge is 0.136 e. The summed E-state index contributed by atoms with van der Waals surface area (Å²) >= 11 is 0. The lowest BCUT2D eigenvalue weighted by atomic mass is 9.79. The van der Waals surface area contributed by atoms with Gasteiger partial charge in [-0.2, -0.15) is 0 Å². The van der Waals surface area contributed by atoms with Crippen molar-refractivity contribution in [3.63, 3.8) is 0 Å². The maximum atomic E-state index is 11.4. The molecule has 74 valence electrons. The molecule has 0 saturated heterocycles. The molecule has 0 aromatic carbocycles. The first kappa shape index (κ1) is 12.2. The van der Waals surface area contributed by atoms with Crippen LogP contribution in [-0.4, -0.2) is 5.78 Å². The predicted octanol–water partition coefficient (Wildman–Crippen LogP) is 3.51. The van der Waals surface area contributed by atoms with Crippen molar-refractivity contribution in [3.8, 4) is 0 Å². The Morgan fingerprint density at radius 3 is 2.15 bits per heavy atom. The molecule has 0 aliphatic heterocycles. The summed E-state index contributed by atoms with van der Waals surface area (Å²) < 4.78 is 0. The third-order valence-corrected chi connectivity index (χ3v) is 2.41. The monoisotopic (exact) mass is 180 g/mol. The molecule has 1 nitrogen and oxygen atoms in total. The van der Waals surface area contributed by atoms with E-state index in [4.69, 9.17) is 0 Å². The van der Waals surface area contributed by atoms with E-state index in [1.54, 1.807) is 6.92 Å². The van der Waals surface area contributed by atoms with Gasteiger partial charge in [-0.05, 0) is 33.6 Å². The molecule has 0 saturated carbocycles. The molecule has 0 bridgehead atoms. The summed E-state index contributed by atoms with van der Waals surface area (Å²) in [6.45, 7) is 11.4. The zero-order chi connectivity index (χ0) is 10.5. The van der Waals surface area contributed by atoms with E-state index < -0.39 is 0 Å². The van der Waals surface area contributed by atoms with E-state index >= 15 is 0 Å². The van der Waals surface area contributed by atoms with E-state index in [2.05, 4.69) is 26.5 Å². The van der Waals surface area contributed by atoms with Crippen molar-refractivity contribution in [2.24, 2.45) is 5.41 Å². The van der Waals surface area contributed by atoms with Crippen molar-refractivity contribution in [3.05, 3.63) is 24.3 Å². The first-order chi connectivity index (χ1) is 5.92. The highest BCUT2D eigenvalue weighted by molar-refractivity contribution is 5.82. The third-order valence-electron chi connectivity index (χ3n) is 2.41. The zero-order valence-corrected chi connectivity index (χ0v) is 9.18. The van der Waals surface area contributed by atoms with Crippen molar-refractivity contribution in [2.75, 3.05) is 0 Å². The standard InChI is InChI=1S/C12H20O/c1-6-8-12(5,11(4)13)9-7-10(2)3/h6-7H,1,8-9H2,2-5H3/t12-/m0/s1. The van der Waals surface area contributed by atoms with Gasteiger partial charge in [0, 0.05) is 5.41 Å². The Morgan fingerprint density at radius 2 is 1.85 bits per heavy atom. The summed E-state index contributed by atoms with van der Waals surface area (Å²) in [5, 5.41) is 0. The van der Waals surface area contributed by atoms with Gasteiger partial charge in [0.05, 0.1) is 0 Å². The van der Waals surface area contributed by atoms with Crippen LogP contribution in [0.5, 0.6) is 0 Å². The second kappa shape index (κ2) is 5.00. The molecule has 0 N–H and O–H groups in total. The van der Waals surface area contributed by atoms with Crippen LogP contribution in [0.15, 0.2) is 24.3 Å². The van der Waals surface area contributed by atoms with Crippen LogP contribution in [0, 0.1) is 5.41 Å². The molecule has 0 fully saturated rings. The molecule has 0 heterocycles. The van der Waals surface area contributed by atoms with Gasteiger partial charge in [0.1, 0.15) is 5.78 Å². The maximum Gasteiger partial charge on any atom is 0.136 e. The summed E-state index contributed by atoms with van der Waals surface area (Å²) in [5.74, 6) is 0.241. The topological polar surface area (TPSA) is 17.1 Å². The Balaban J connectivity index is 4.50. The van der Waals surface area contributed by atoms with Crippen LogP contribution in [0.4, 0.5) is 0 Å². The van der Waals surface area contributed by atoms with E-state index in [0.29, 0.717) is 0 Å². The Bertz CT molecular complexity index is 221. The maximum absolute atomic E-state index is 11.4. The lowest BCUT2D eigenvalue weighted by Crippen LogP contribution is -2.24. The fraction of sp³-hybridized carbons (Fsp3) is 0.583. The van der Waals surface area contributed by atoms with E-state index in [-0.39, 0.29) is 11.2 Å². The first-order valence-corrected chi connectivity index (χ1v) is 4.67. The van der Waals surface area contributed by atoms with Gasteiger partial charge in [-0.25, -0.2) is 0 Å². The molecule has 0 radical (unpaired) electrons. The van der Waals surface area contributed by atoms with Gasteiger partial charge in [0.15, 0.2) is 0 Å². The molecule has 0 unspecified atom stereocenters. The highest BCUT2D eigenvalue weighted by Crippen LogP contribution is 2.28. The summed E-state index contributed by atoms with van der Waals surface area (Å²) in [5.41, 5.74) is 1.01. The molecule has 13 heavy (non-hydrogen) atoms. The van der Waals surface area contributed by atoms with Crippen molar-refractivity contribution >= 4 is 5.78 Å². The van der Waals surface area contributed by atoms with Gasteiger partial charge < -0.3 is 0 Å². The fourth-order valence-electron chi connectivity index (χ4n) is 1.12. The summed E-state index contributed by atoms with van der Waals surface area (Å²) in [7, 11) is 0. The van der Waals surface area contributed by atoms with Gasteiger partial charge in [0.2, 0.25) is 0 Å². The molecule has 1 heteroatoms. The zero-order valence-electron chi connectivity index (χ0n) is 9.18. The van der Waals surface area contributed by atoms with Crippen molar-refractivity contribution in [1.82, 2.24) is 0 Å². The number of Topliss-reactive ketones (excluding diaryl/α,β-unsaturated/α-hetero) is 1. The van der Waals surface area contributed by atoms with Gasteiger partial charge in [-0.15, -0.1) is 6.58 Å². The normalized spacial score (nSPS) is 14.5. The number of ketones is 1. The highest BCUT2D eigenvalue weighted by atomic mass is 16.1. The van der Waals surface area contributed by atoms with Crippen LogP contribution in [0.3, 0.4) is 0 Å². The van der Waals surface area contributed by atoms with Crippen LogP contribution in [0.1, 0.15) is 40.5 Å². The number of hydrogen-bond acceptors (Lipinski definition) is 1. The summed E-state index contributed by atoms with van der Waals surface area (Å²) in [4.78, 5) is 11.4. The molecular formula is C12H20O. The molecular weight excluding hydrogens is 160 g/mol. The van der Waals surface area contributed by atoms with Crippen LogP contribution in [-0.2, 0) is 4.79 Å². The number of allylic oxidation sites excluding steroid dienone is 3. The number of hydrogen-bond donors (Lipinski definition) is 0. The Hall–Kier alpha value is -0.850. The largest absolute Gasteiger partial charge is 0.299 e. The quantitative estimate of drug-likeness (QED) is 0.592. The Labute approximate surface area is 81.5 Å². The molecule has 0 spiro atoms. The number of carbonyl (C=O) groups excluding carboxylic acids is 1. The van der Waals surface area contributed by atoms with Gasteiger partial charge in [-0.1, -0.05) is 24.6 Å². The minimum absolute atomic E-state index is 0.241. The Morgan fingerprint density at radius 1 is 1.31 bits per heavy atom. The fourth-order valence-corrected chi connectivity index (χ4v) is 1.12. The van der Waals surface area contributed by atoms with Crippen molar-refractivity contribution < 1.29 is 4.79 Å². The molecule has 0 rings (SSSR count). The molecule has 0 aliphatic carbocycles. The van der Waals surface area contributed by atoms with Crippen LogP contribution >= 0.6 is 0 Å².